The van der Waals surface area contributed by atoms with Crippen LogP contribution in [0, 0.1) is 26.7 Å². The van der Waals surface area contributed by atoms with Crippen LogP contribution in [0.5, 0.6) is 0 Å². The lowest BCUT2D eigenvalue weighted by Crippen LogP contribution is -2.43. The molecule has 0 bridgehead atoms. The molecule has 9 nitrogen and oxygen atoms in total. The van der Waals surface area contributed by atoms with Gasteiger partial charge in [-0.1, -0.05) is 20.3 Å². The van der Waals surface area contributed by atoms with Gasteiger partial charge in [0.1, 0.15) is 0 Å². The van der Waals surface area contributed by atoms with Crippen molar-refractivity contribution in [1.29, 1.82) is 0 Å². The van der Waals surface area contributed by atoms with Crippen molar-refractivity contribution in [3.63, 3.8) is 0 Å². The van der Waals surface area contributed by atoms with Gasteiger partial charge in [0.2, 0.25) is 5.95 Å². The van der Waals surface area contributed by atoms with Crippen LogP contribution in [0.3, 0.4) is 0 Å². The van der Waals surface area contributed by atoms with E-state index in [1.165, 1.54) is 28.4 Å². The molecule has 1 aliphatic rings. The number of hydrogen-bond donors (Lipinski definition) is 0. The molecule has 9 heteroatoms. The third-order valence-electron chi connectivity index (χ3n) is 6.69. The Labute approximate surface area is 188 Å². The lowest BCUT2D eigenvalue weighted by atomic mass is 10.1. The van der Waals surface area contributed by atoms with E-state index in [1.54, 1.807) is 11.7 Å². The lowest BCUT2D eigenvalue weighted by molar-refractivity contribution is 0.218. The number of aromatic nitrogens is 6. The molecule has 4 heterocycles. The van der Waals surface area contributed by atoms with Crippen LogP contribution in [0.25, 0.3) is 17.1 Å². The molecule has 1 aliphatic heterocycles. The van der Waals surface area contributed by atoms with Crippen molar-refractivity contribution >= 4 is 11.2 Å². The molecule has 0 aromatic carbocycles. The van der Waals surface area contributed by atoms with E-state index in [-0.39, 0.29) is 11.2 Å². The van der Waals surface area contributed by atoms with Gasteiger partial charge in [-0.15, -0.1) is 0 Å². The number of likely N-dealkylation sites (tertiary alicyclic amines) is 1. The fraction of sp³-hybridized carbons (Fsp3) is 0.652. The largest absolute Gasteiger partial charge is 0.332 e. The zero-order valence-corrected chi connectivity index (χ0v) is 20.2. The molecule has 0 radical (unpaired) electrons. The molecule has 0 atom stereocenters. The van der Waals surface area contributed by atoms with Crippen LogP contribution in [0.4, 0.5) is 0 Å². The second-order valence-electron chi connectivity index (χ2n) is 9.50. The van der Waals surface area contributed by atoms with E-state index >= 15 is 0 Å². The van der Waals surface area contributed by atoms with Crippen molar-refractivity contribution in [3.05, 3.63) is 37.8 Å². The van der Waals surface area contributed by atoms with Crippen LogP contribution in [0.2, 0.25) is 0 Å². The topological polar surface area (TPSA) is 82.9 Å². The van der Waals surface area contributed by atoms with Crippen molar-refractivity contribution in [1.82, 2.24) is 33.4 Å². The van der Waals surface area contributed by atoms with Crippen LogP contribution in [0.1, 0.15) is 50.1 Å². The average Bonchev–Trinajstić information content (AvgIpc) is 3.25. The summed E-state index contributed by atoms with van der Waals surface area (Å²) in [7, 11) is 1.70. The van der Waals surface area contributed by atoms with Gasteiger partial charge in [-0.25, -0.2) is 9.48 Å². The van der Waals surface area contributed by atoms with Crippen LogP contribution < -0.4 is 11.2 Å². The van der Waals surface area contributed by atoms with Gasteiger partial charge in [-0.3, -0.25) is 13.9 Å². The summed E-state index contributed by atoms with van der Waals surface area (Å²) >= 11 is 0. The second-order valence-corrected chi connectivity index (χ2v) is 9.50. The summed E-state index contributed by atoms with van der Waals surface area (Å²) in [5, 5.41) is 4.68. The Bertz CT molecular complexity index is 1250. The molecule has 0 unspecified atom stereocenters. The number of fused-ring (bicyclic) bond motifs is 1. The molecule has 3 aromatic rings. The summed E-state index contributed by atoms with van der Waals surface area (Å²) in [6.07, 6.45) is 3.62. The molecule has 0 saturated carbocycles. The summed E-state index contributed by atoms with van der Waals surface area (Å²) in [4.78, 5) is 33.8. The predicted molar refractivity (Wildman–Crippen MR) is 126 cm³/mol. The van der Waals surface area contributed by atoms with Crippen molar-refractivity contribution in [2.24, 2.45) is 13.0 Å². The smallest absolute Gasteiger partial charge is 0.302 e. The number of rotatable bonds is 6. The summed E-state index contributed by atoms with van der Waals surface area (Å²) in [6, 6.07) is 0. The fourth-order valence-electron chi connectivity index (χ4n) is 4.60. The molecule has 4 rings (SSSR count). The Morgan fingerprint density at radius 1 is 0.969 bits per heavy atom. The van der Waals surface area contributed by atoms with E-state index < -0.39 is 0 Å². The molecule has 3 aromatic heterocycles. The summed E-state index contributed by atoms with van der Waals surface area (Å²) in [6.45, 7) is 14.0. The monoisotopic (exact) mass is 441 g/mol. The van der Waals surface area contributed by atoms with Crippen LogP contribution in [-0.4, -0.2) is 53.0 Å². The van der Waals surface area contributed by atoms with Crippen LogP contribution >= 0.6 is 0 Å². The SMILES string of the molecule is Cc1nn(-c2nc3c(c(=O)n(CCN4CCCCC4)c(=O)n3C)n2CC(C)C)c(C)c1C. The Kier molecular flexibility index (Phi) is 6.11. The Morgan fingerprint density at radius 3 is 2.25 bits per heavy atom. The average molecular weight is 442 g/mol. The van der Waals surface area contributed by atoms with E-state index in [0.717, 1.165) is 30.0 Å². The normalized spacial score (nSPS) is 15.3. The van der Waals surface area contributed by atoms with Gasteiger partial charge in [-0.05, 0) is 58.2 Å². The minimum Gasteiger partial charge on any atom is -0.302 e. The van der Waals surface area contributed by atoms with Crippen molar-refractivity contribution in [2.45, 2.75) is 67.0 Å². The van der Waals surface area contributed by atoms with Gasteiger partial charge < -0.3 is 9.47 Å². The van der Waals surface area contributed by atoms with E-state index in [9.17, 15) is 9.59 Å². The standard InChI is InChI=1S/C23H35N7O2/c1-15(2)14-29-19-20(24-22(29)30-18(5)16(3)17(4)25-30)26(6)23(32)28(21(19)31)13-12-27-10-8-7-9-11-27/h15H,7-14H2,1-6H3. The van der Waals surface area contributed by atoms with Gasteiger partial charge in [0.25, 0.3) is 5.56 Å². The highest BCUT2D eigenvalue weighted by Gasteiger charge is 2.24. The molecule has 32 heavy (non-hydrogen) atoms. The highest BCUT2D eigenvalue weighted by Crippen LogP contribution is 2.21. The van der Waals surface area contributed by atoms with E-state index in [2.05, 4.69) is 23.8 Å². The molecule has 0 spiro atoms. The third kappa shape index (κ3) is 3.83. The third-order valence-corrected chi connectivity index (χ3v) is 6.69. The Balaban J connectivity index is 1.89. The van der Waals surface area contributed by atoms with E-state index in [1.807, 2.05) is 25.3 Å². The first-order valence-corrected chi connectivity index (χ1v) is 11.7. The molecule has 0 N–H and O–H groups in total. The number of piperidine rings is 1. The van der Waals surface area contributed by atoms with Crippen molar-refractivity contribution < 1.29 is 0 Å². The highest BCUT2D eigenvalue weighted by atomic mass is 16.2. The first-order valence-electron chi connectivity index (χ1n) is 11.7. The van der Waals surface area contributed by atoms with Crippen LogP contribution in [-0.2, 0) is 20.1 Å². The zero-order valence-electron chi connectivity index (χ0n) is 20.2. The van der Waals surface area contributed by atoms with Gasteiger partial charge in [0, 0.05) is 32.4 Å². The maximum Gasteiger partial charge on any atom is 0.332 e. The zero-order chi connectivity index (χ0) is 23.2. The van der Waals surface area contributed by atoms with Crippen molar-refractivity contribution in [2.75, 3.05) is 19.6 Å². The molecule has 0 amide bonds. The molecular weight excluding hydrogens is 406 g/mol. The van der Waals surface area contributed by atoms with Crippen molar-refractivity contribution in [3.8, 4) is 5.95 Å². The summed E-state index contributed by atoms with van der Waals surface area (Å²) < 4.78 is 6.63. The number of aryl methyl sites for hydroxylation is 2. The van der Waals surface area contributed by atoms with Crippen LogP contribution in [0.15, 0.2) is 9.59 Å². The minimum absolute atomic E-state index is 0.266. The predicted octanol–water partition coefficient (Wildman–Crippen LogP) is 2.15. The molecule has 1 saturated heterocycles. The Hall–Kier alpha value is -2.68. The van der Waals surface area contributed by atoms with Gasteiger partial charge >= 0.3 is 5.69 Å². The first-order chi connectivity index (χ1) is 15.2. The molecule has 1 fully saturated rings. The summed E-state index contributed by atoms with van der Waals surface area (Å²) in [5.41, 5.74) is 3.31. The first kappa shape index (κ1) is 22.5. The Morgan fingerprint density at radius 2 is 1.66 bits per heavy atom. The molecule has 0 aliphatic carbocycles. The van der Waals surface area contributed by atoms with E-state index in [4.69, 9.17) is 4.98 Å². The van der Waals surface area contributed by atoms with Gasteiger partial charge in [0.15, 0.2) is 11.2 Å². The number of nitrogens with zero attached hydrogens (tertiary/aromatic N) is 7. The number of hydrogen-bond acceptors (Lipinski definition) is 5. The maximum atomic E-state index is 13.6. The molecular formula is C23H35N7O2. The second kappa shape index (κ2) is 8.69. The minimum atomic E-state index is -0.315. The van der Waals surface area contributed by atoms with Gasteiger partial charge in [-0.2, -0.15) is 10.1 Å². The molecule has 174 valence electrons. The highest BCUT2D eigenvalue weighted by molar-refractivity contribution is 5.72. The lowest BCUT2D eigenvalue weighted by Gasteiger charge is -2.26. The number of imidazole rings is 1. The van der Waals surface area contributed by atoms with Gasteiger partial charge in [0.05, 0.1) is 5.69 Å². The maximum absolute atomic E-state index is 13.6. The fourth-order valence-corrected chi connectivity index (χ4v) is 4.60. The van der Waals surface area contributed by atoms with E-state index in [0.29, 0.717) is 42.7 Å². The quantitative estimate of drug-likeness (QED) is 0.585. The summed E-state index contributed by atoms with van der Waals surface area (Å²) in [5.74, 6) is 0.880.